The Morgan fingerprint density at radius 1 is 1.28 bits per heavy atom. The lowest BCUT2D eigenvalue weighted by Gasteiger charge is -2.33. The third kappa shape index (κ3) is 4.44. The molecule has 140 valence electrons. The summed E-state index contributed by atoms with van der Waals surface area (Å²) in [6.07, 6.45) is 6.47. The van der Waals surface area contributed by atoms with Crippen molar-refractivity contribution in [1.82, 2.24) is 24.6 Å². The van der Waals surface area contributed by atoms with Gasteiger partial charge in [-0.25, -0.2) is 9.48 Å². The SMILES string of the molecule is CCNC(=NCCCn1nc2n(c1=O)CCCC2)N1CCC(C)CC1. The van der Waals surface area contributed by atoms with Crippen molar-refractivity contribution in [3.8, 4) is 0 Å². The molecule has 0 aliphatic carbocycles. The zero-order chi connectivity index (χ0) is 17.6. The van der Waals surface area contributed by atoms with Crippen molar-refractivity contribution in [2.24, 2.45) is 10.9 Å². The van der Waals surface area contributed by atoms with E-state index in [4.69, 9.17) is 4.99 Å². The lowest BCUT2D eigenvalue weighted by Crippen LogP contribution is -2.45. The Morgan fingerprint density at radius 2 is 2.08 bits per heavy atom. The maximum Gasteiger partial charge on any atom is 0.345 e. The van der Waals surface area contributed by atoms with Crippen LogP contribution in [0.15, 0.2) is 9.79 Å². The molecule has 0 radical (unpaired) electrons. The molecule has 0 aromatic carbocycles. The van der Waals surface area contributed by atoms with E-state index in [9.17, 15) is 4.79 Å². The van der Waals surface area contributed by atoms with E-state index in [0.717, 1.165) is 76.1 Å². The highest BCUT2D eigenvalue weighted by Gasteiger charge is 2.19. The molecule has 2 aliphatic heterocycles. The summed E-state index contributed by atoms with van der Waals surface area (Å²) < 4.78 is 3.47. The minimum Gasteiger partial charge on any atom is -0.357 e. The third-order valence-electron chi connectivity index (χ3n) is 5.24. The number of aliphatic imine (C=N–C) groups is 1. The molecule has 0 saturated carbocycles. The average molecular weight is 348 g/mol. The molecule has 0 unspecified atom stereocenters. The van der Waals surface area contributed by atoms with E-state index in [0.29, 0.717) is 6.54 Å². The van der Waals surface area contributed by atoms with Crippen molar-refractivity contribution in [2.75, 3.05) is 26.2 Å². The fraction of sp³-hybridized carbons (Fsp3) is 0.833. The van der Waals surface area contributed by atoms with Crippen molar-refractivity contribution in [3.63, 3.8) is 0 Å². The second kappa shape index (κ2) is 8.54. The molecule has 2 aliphatic rings. The van der Waals surface area contributed by atoms with E-state index in [2.05, 4.69) is 29.2 Å². The first-order valence-corrected chi connectivity index (χ1v) is 9.88. The summed E-state index contributed by atoms with van der Waals surface area (Å²) in [5.41, 5.74) is 0.0515. The summed E-state index contributed by atoms with van der Waals surface area (Å²) in [7, 11) is 0. The number of likely N-dealkylation sites (tertiary alicyclic amines) is 1. The van der Waals surface area contributed by atoms with Crippen LogP contribution in [0.25, 0.3) is 0 Å². The number of rotatable bonds is 5. The fourth-order valence-corrected chi connectivity index (χ4v) is 3.65. The zero-order valence-corrected chi connectivity index (χ0v) is 15.7. The number of hydrogen-bond donors (Lipinski definition) is 1. The third-order valence-corrected chi connectivity index (χ3v) is 5.24. The summed E-state index contributed by atoms with van der Waals surface area (Å²) in [6.45, 7) is 9.69. The fourth-order valence-electron chi connectivity index (χ4n) is 3.65. The highest BCUT2D eigenvalue weighted by atomic mass is 16.2. The van der Waals surface area contributed by atoms with E-state index in [1.807, 2.05) is 4.57 Å². The van der Waals surface area contributed by atoms with Crippen LogP contribution >= 0.6 is 0 Å². The van der Waals surface area contributed by atoms with Gasteiger partial charge in [-0.05, 0) is 44.9 Å². The predicted octanol–water partition coefficient (Wildman–Crippen LogP) is 1.47. The second-order valence-electron chi connectivity index (χ2n) is 7.29. The highest BCUT2D eigenvalue weighted by molar-refractivity contribution is 5.80. The Bertz CT molecular complexity index is 638. The summed E-state index contributed by atoms with van der Waals surface area (Å²) >= 11 is 0. The molecule has 1 fully saturated rings. The summed E-state index contributed by atoms with van der Waals surface area (Å²) in [5, 5.41) is 7.90. The molecule has 1 aromatic rings. The molecule has 1 aromatic heterocycles. The summed E-state index contributed by atoms with van der Waals surface area (Å²) in [4.78, 5) is 19.5. The van der Waals surface area contributed by atoms with E-state index in [1.54, 1.807) is 4.68 Å². The number of nitrogens with one attached hydrogen (secondary N) is 1. The molecule has 1 N–H and O–H groups in total. The molecule has 0 bridgehead atoms. The standard InChI is InChI=1S/C18H32N6O/c1-3-19-17(22-13-8-15(2)9-14-22)20-10-6-12-24-18(25)23-11-5-4-7-16(23)21-24/h15H,3-14H2,1-2H3,(H,19,20). The second-order valence-corrected chi connectivity index (χ2v) is 7.29. The van der Waals surface area contributed by atoms with Gasteiger partial charge in [-0.15, -0.1) is 0 Å². The lowest BCUT2D eigenvalue weighted by molar-refractivity contribution is 0.273. The Morgan fingerprint density at radius 3 is 2.80 bits per heavy atom. The quantitative estimate of drug-likeness (QED) is 0.497. The first-order chi connectivity index (χ1) is 12.2. The van der Waals surface area contributed by atoms with Gasteiger partial charge in [0, 0.05) is 45.7 Å². The summed E-state index contributed by atoms with van der Waals surface area (Å²) in [6, 6.07) is 0. The van der Waals surface area contributed by atoms with Gasteiger partial charge in [0.1, 0.15) is 5.82 Å². The van der Waals surface area contributed by atoms with Gasteiger partial charge in [0.05, 0.1) is 0 Å². The number of nitrogens with zero attached hydrogens (tertiary/aromatic N) is 5. The van der Waals surface area contributed by atoms with E-state index in [1.165, 1.54) is 12.8 Å². The van der Waals surface area contributed by atoms with Gasteiger partial charge >= 0.3 is 5.69 Å². The maximum atomic E-state index is 12.3. The van der Waals surface area contributed by atoms with Crippen molar-refractivity contribution in [2.45, 2.75) is 65.5 Å². The number of piperidine rings is 1. The van der Waals surface area contributed by atoms with Gasteiger partial charge in [-0.3, -0.25) is 9.56 Å². The Kier molecular flexibility index (Phi) is 6.15. The smallest absolute Gasteiger partial charge is 0.345 e. The number of aromatic nitrogens is 3. The molecule has 3 rings (SSSR count). The van der Waals surface area contributed by atoms with Gasteiger partial charge in [-0.1, -0.05) is 6.92 Å². The van der Waals surface area contributed by atoms with Crippen LogP contribution in [0, 0.1) is 5.92 Å². The molecule has 0 spiro atoms. The topological polar surface area (TPSA) is 67.5 Å². The number of fused-ring (bicyclic) bond motifs is 1. The molecule has 25 heavy (non-hydrogen) atoms. The van der Waals surface area contributed by atoms with Crippen molar-refractivity contribution >= 4 is 5.96 Å². The number of guanidine groups is 1. The van der Waals surface area contributed by atoms with Crippen LogP contribution < -0.4 is 11.0 Å². The normalized spacial score (nSPS) is 19.1. The van der Waals surface area contributed by atoms with Crippen LogP contribution in [0.1, 0.15) is 51.8 Å². The lowest BCUT2D eigenvalue weighted by atomic mass is 10.00. The van der Waals surface area contributed by atoms with Crippen LogP contribution in [0.3, 0.4) is 0 Å². The first kappa shape index (κ1) is 18.0. The first-order valence-electron chi connectivity index (χ1n) is 9.88. The molecule has 0 atom stereocenters. The molecular weight excluding hydrogens is 316 g/mol. The monoisotopic (exact) mass is 348 g/mol. The number of hydrogen-bond acceptors (Lipinski definition) is 3. The van der Waals surface area contributed by atoms with Gasteiger partial charge in [0.2, 0.25) is 0 Å². The minimum absolute atomic E-state index is 0.0515. The number of aryl methyl sites for hydroxylation is 2. The molecule has 7 nitrogen and oxygen atoms in total. The Labute approximate surface area is 150 Å². The molecular formula is C18H32N6O. The van der Waals surface area contributed by atoms with Crippen molar-refractivity contribution in [3.05, 3.63) is 16.3 Å². The van der Waals surface area contributed by atoms with Crippen LogP contribution in [0.4, 0.5) is 0 Å². The van der Waals surface area contributed by atoms with Gasteiger partial charge in [0.25, 0.3) is 0 Å². The van der Waals surface area contributed by atoms with Gasteiger partial charge in [-0.2, -0.15) is 5.10 Å². The molecule has 0 amide bonds. The Hall–Kier alpha value is -1.79. The van der Waals surface area contributed by atoms with E-state index in [-0.39, 0.29) is 5.69 Å². The van der Waals surface area contributed by atoms with Crippen LogP contribution in [0.2, 0.25) is 0 Å². The largest absolute Gasteiger partial charge is 0.357 e. The van der Waals surface area contributed by atoms with E-state index >= 15 is 0 Å². The van der Waals surface area contributed by atoms with Crippen molar-refractivity contribution in [1.29, 1.82) is 0 Å². The van der Waals surface area contributed by atoms with E-state index < -0.39 is 0 Å². The highest BCUT2D eigenvalue weighted by Crippen LogP contribution is 2.16. The maximum absolute atomic E-state index is 12.3. The predicted molar refractivity (Wildman–Crippen MR) is 100.0 cm³/mol. The van der Waals surface area contributed by atoms with Crippen LogP contribution in [0.5, 0.6) is 0 Å². The van der Waals surface area contributed by atoms with Gasteiger partial charge < -0.3 is 10.2 Å². The molecule has 3 heterocycles. The minimum atomic E-state index is 0.0515. The summed E-state index contributed by atoms with van der Waals surface area (Å²) in [5.74, 6) is 2.79. The van der Waals surface area contributed by atoms with Crippen molar-refractivity contribution < 1.29 is 0 Å². The van der Waals surface area contributed by atoms with Gasteiger partial charge in [0.15, 0.2) is 5.96 Å². The van der Waals surface area contributed by atoms with Crippen LogP contribution in [-0.4, -0.2) is 51.4 Å². The van der Waals surface area contributed by atoms with Crippen LogP contribution in [-0.2, 0) is 19.5 Å². The Balaban J connectivity index is 1.54. The average Bonchev–Trinajstić information content (AvgIpc) is 2.95. The zero-order valence-electron chi connectivity index (χ0n) is 15.7. The molecule has 7 heteroatoms. The molecule has 1 saturated heterocycles.